The van der Waals surface area contributed by atoms with Crippen molar-refractivity contribution < 1.29 is 18.5 Å². The number of anilines is 1. The zero-order valence-corrected chi connectivity index (χ0v) is 11.5. The lowest BCUT2D eigenvalue weighted by Gasteiger charge is -2.03. The third-order valence-electron chi connectivity index (χ3n) is 3.15. The Hall–Kier alpha value is -2.89. The van der Waals surface area contributed by atoms with Crippen molar-refractivity contribution in [1.82, 2.24) is 5.16 Å². The molecule has 21 heavy (non-hydrogen) atoms. The van der Waals surface area contributed by atoms with Gasteiger partial charge in [-0.3, -0.25) is 9.59 Å². The third kappa shape index (κ3) is 2.20. The maximum absolute atomic E-state index is 12.2. The summed E-state index contributed by atoms with van der Waals surface area (Å²) < 4.78 is 10.4. The van der Waals surface area contributed by atoms with Gasteiger partial charge in [-0.25, -0.2) is 0 Å². The first-order valence-corrected chi connectivity index (χ1v) is 6.33. The van der Waals surface area contributed by atoms with Gasteiger partial charge in [0.25, 0.3) is 5.91 Å². The molecule has 0 radical (unpaired) electrons. The lowest BCUT2D eigenvalue weighted by molar-refractivity contribution is 0.0990. The van der Waals surface area contributed by atoms with Crippen molar-refractivity contribution in [1.29, 1.82) is 0 Å². The van der Waals surface area contributed by atoms with E-state index in [4.69, 9.17) is 8.94 Å². The Bertz CT molecular complexity index is 844. The summed E-state index contributed by atoms with van der Waals surface area (Å²) in [6.45, 7) is 3.03. The largest absolute Gasteiger partial charge is 0.451 e. The Kier molecular flexibility index (Phi) is 3.06. The number of Topliss-reactive ketones (excluding diaryl/α,β-unsaturated/α-hetero) is 1. The van der Waals surface area contributed by atoms with Gasteiger partial charge in [0.05, 0.1) is 11.9 Å². The minimum atomic E-state index is -0.400. The van der Waals surface area contributed by atoms with E-state index in [-0.39, 0.29) is 11.5 Å². The molecule has 6 heteroatoms. The molecule has 0 aliphatic carbocycles. The van der Waals surface area contributed by atoms with E-state index in [9.17, 15) is 9.59 Å². The van der Waals surface area contributed by atoms with E-state index in [0.717, 1.165) is 0 Å². The highest BCUT2D eigenvalue weighted by Gasteiger charge is 2.21. The summed E-state index contributed by atoms with van der Waals surface area (Å²) in [6, 6.07) is 7.12. The highest BCUT2D eigenvalue weighted by Crippen LogP contribution is 2.31. The first kappa shape index (κ1) is 13.1. The van der Waals surface area contributed by atoms with Gasteiger partial charge in [-0.2, -0.15) is 0 Å². The first-order chi connectivity index (χ1) is 10.1. The Labute approximate surface area is 119 Å². The number of amides is 1. The second kappa shape index (κ2) is 4.90. The zero-order valence-electron chi connectivity index (χ0n) is 11.5. The van der Waals surface area contributed by atoms with E-state index in [1.807, 2.05) is 6.07 Å². The second-order valence-electron chi connectivity index (χ2n) is 4.61. The number of fused-ring (bicyclic) bond motifs is 1. The van der Waals surface area contributed by atoms with Crippen molar-refractivity contribution in [3.05, 3.63) is 47.5 Å². The smallest absolute Gasteiger partial charge is 0.261 e. The average Bonchev–Trinajstić information content (AvgIpc) is 3.03. The number of aromatic nitrogens is 1. The van der Waals surface area contributed by atoms with Crippen molar-refractivity contribution in [2.45, 2.75) is 13.8 Å². The van der Waals surface area contributed by atoms with E-state index in [0.29, 0.717) is 28.0 Å². The molecule has 0 atom stereocenters. The SMILES string of the molecule is CC(=O)c1oc2ccccc2c1NC(=O)c1cnoc1C. The normalized spacial score (nSPS) is 10.8. The third-order valence-corrected chi connectivity index (χ3v) is 3.15. The molecule has 3 rings (SSSR count). The van der Waals surface area contributed by atoms with Crippen LogP contribution in [0.15, 0.2) is 39.4 Å². The van der Waals surface area contributed by atoms with Gasteiger partial charge in [0.15, 0.2) is 11.5 Å². The number of aryl methyl sites for hydroxylation is 1. The molecule has 2 heterocycles. The fourth-order valence-electron chi connectivity index (χ4n) is 2.12. The molecule has 6 nitrogen and oxygen atoms in total. The lowest BCUT2D eigenvalue weighted by atomic mass is 10.2. The first-order valence-electron chi connectivity index (χ1n) is 6.33. The molecule has 0 spiro atoms. The molecule has 0 unspecified atom stereocenters. The van der Waals surface area contributed by atoms with Crippen LogP contribution in [0.3, 0.4) is 0 Å². The number of nitrogens with one attached hydrogen (secondary N) is 1. The molecule has 0 saturated heterocycles. The number of nitrogens with zero attached hydrogens (tertiary/aromatic N) is 1. The summed E-state index contributed by atoms with van der Waals surface area (Å²) in [5.41, 5.74) is 1.22. The van der Waals surface area contributed by atoms with Crippen LogP contribution in [-0.2, 0) is 0 Å². The summed E-state index contributed by atoms with van der Waals surface area (Å²) in [4.78, 5) is 23.9. The van der Waals surface area contributed by atoms with Gasteiger partial charge in [-0.15, -0.1) is 0 Å². The van der Waals surface area contributed by atoms with Gasteiger partial charge in [-0.1, -0.05) is 17.3 Å². The molecule has 0 bridgehead atoms. The molecule has 106 valence electrons. The summed E-state index contributed by atoms with van der Waals surface area (Å²) in [5.74, 6) is -0.130. The van der Waals surface area contributed by atoms with Gasteiger partial charge in [0.2, 0.25) is 0 Å². The number of para-hydroxylation sites is 1. The summed E-state index contributed by atoms with van der Waals surface area (Å²) >= 11 is 0. The minimum absolute atomic E-state index is 0.124. The molecule has 0 saturated carbocycles. The predicted octanol–water partition coefficient (Wildman–Crippen LogP) is 3.18. The van der Waals surface area contributed by atoms with E-state index >= 15 is 0 Å². The Morgan fingerprint density at radius 3 is 2.67 bits per heavy atom. The van der Waals surface area contributed by atoms with E-state index in [1.54, 1.807) is 25.1 Å². The van der Waals surface area contributed by atoms with E-state index in [1.165, 1.54) is 13.1 Å². The summed E-state index contributed by atoms with van der Waals surface area (Å²) in [6.07, 6.45) is 1.33. The molecule has 1 aromatic carbocycles. The van der Waals surface area contributed by atoms with Gasteiger partial charge in [0, 0.05) is 12.3 Å². The Morgan fingerprint density at radius 1 is 1.24 bits per heavy atom. The number of carbonyl (C=O) groups is 2. The van der Waals surface area contributed by atoms with E-state index in [2.05, 4.69) is 10.5 Å². The van der Waals surface area contributed by atoms with Crippen molar-refractivity contribution in [2.75, 3.05) is 5.32 Å². The Balaban J connectivity index is 2.07. The predicted molar refractivity (Wildman–Crippen MR) is 75.4 cm³/mol. The van der Waals surface area contributed by atoms with Crippen molar-refractivity contribution in [3.8, 4) is 0 Å². The number of benzene rings is 1. The molecule has 2 aromatic heterocycles. The van der Waals surface area contributed by atoms with Crippen molar-refractivity contribution in [2.24, 2.45) is 0 Å². The number of hydrogen-bond donors (Lipinski definition) is 1. The van der Waals surface area contributed by atoms with E-state index < -0.39 is 5.91 Å². The molecule has 0 aliphatic rings. The number of carbonyl (C=O) groups excluding carboxylic acids is 2. The number of rotatable bonds is 3. The fourth-order valence-corrected chi connectivity index (χ4v) is 2.12. The van der Waals surface area contributed by atoms with Crippen LogP contribution < -0.4 is 5.32 Å². The lowest BCUT2D eigenvalue weighted by Crippen LogP contribution is -2.13. The molecular formula is C15H12N2O4. The molecule has 3 aromatic rings. The van der Waals surface area contributed by atoms with Crippen LogP contribution in [0.5, 0.6) is 0 Å². The van der Waals surface area contributed by atoms with Crippen LogP contribution in [0.1, 0.15) is 33.6 Å². The van der Waals surface area contributed by atoms with Crippen LogP contribution in [0.4, 0.5) is 5.69 Å². The van der Waals surface area contributed by atoms with Crippen LogP contribution in [0.25, 0.3) is 11.0 Å². The summed E-state index contributed by atoms with van der Waals surface area (Å²) in [5, 5.41) is 6.94. The number of ketones is 1. The summed E-state index contributed by atoms with van der Waals surface area (Å²) in [7, 11) is 0. The van der Waals surface area contributed by atoms with Crippen LogP contribution in [0.2, 0.25) is 0 Å². The zero-order chi connectivity index (χ0) is 15.0. The number of hydrogen-bond acceptors (Lipinski definition) is 5. The molecule has 0 aliphatic heterocycles. The molecular weight excluding hydrogens is 272 g/mol. The quantitative estimate of drug-likeness (QED) is 0.746. The number of furan rings is 1. The fraction of sp³-hybridized carbons (Fsp3) is 0.133. The van der Waals surface area contributed by atoms with Crippen molar-refractivity contribution >= 4 is 28.3 Å². The maximum atomic E-state index is 12.2. The van der Waals surface area contributed by atoms with Gasteiger partial charge in [0.1, 0.15) is 16.9 Å². The Morgan fingerprint density at radius 2 is 2.00 bits per heavy atom. The highest BCUT2D eigenvalue weighted by molar-refractivity contribution is 6.14. The topological polar surface area (TPSA) is 85.3 Å². The second-order valence-corrected chi connectivity index (χ2v) is 4.61. The van der Waals surface area contributed by atoms with Crippen LogP contribution in [0, 0.1) is 6.92 Å². The molecule has 1 amide bonds. The highest BCUT2D eigenvalue weighted by atomic mass is 16.5. The molecule has 0 fully saturated rings. The van der Waals surface area contributed by atoms with Crippen LogP contribution in [-0.4, -0.2) is 16.8 Å². The van der Waals surface area contributed by atoms with Gasteiger partial charge < -0.3 is 14.3 Å². The van der Waals surface area contributed by atoms with Gasteiger partial charge >= 0.3 is 0 Å². The van der Waals surface area contributed by atoms with Gasteiger partial charge in [-0.05, 0) is 19.1 Å². The van der Waals surface area contributed by atoms with Crippen molar-refractivity contribution in [3.63, 3.8) is 0 Å². The standard InChI is InChI=1S/C15H12N2O4/c1-8(18)14-13(10-5-3-4-6-12(10)20-14)17-15(19)11-7-16-21-9(11)2/h3-7H,1-2H3,(H,17,19). The molecule has 1 N–H and O–H groups in total. The minimum Gasteiger partial charge on any atom is -0.451 e. The monoisotopic (exact) mass is 284 g/mol. The maximum Gasteiger partial charge on any atom is 0.261 e. The average molecular weight is 284 g/mol. The van der Waals surface area contributed by atoms with Crippen LogP contribution >= 0.6 is 0 Å².